The Labute approximate surface area is 99.2 Å². The van der Waals surface area contributed by atoms with Crippen LogP contribution in [0.2, 0.25) is 0 Å². The van der Waals surface area contributed by atoms with Crippen molar-refractivity contribution in [3.63, 3.8) is 0 Å². The van der Waals surface area contributed by atoms with Crippen LogP contribution in [-0.2, 0) is 4.79 Å². The van der Waals surface area contributed by atoms with E-state index in [1.54, 1.807) is 0 Å². The molecule has 0 bridgehead atoms. The fraction of sp³-hybridized carbons (Fsp3) is 0.923. The quantitative estimate of drug-likeness (QED) is 0.754. The van der Waals surface area contributed by atoms with Crippen molar-refractivity contribution in [2.24, 2.45) is 17.1 Å². The average Bonchev–Trinajstić information content (AvgIpc) is 2.30. The van der Waals surface area contributed by atoms with Crippen molar-refractivity contribution in [1.82, 2.24) is 5.32 Å². The summed E-state index contributed by atoms with van der Waals surface area (Å²) in [6.07, 6.45) is 7.95. The molecule has 0 saturated heterocycles. The Morgan fingerprint density at radius 1 is 1.31 bits per heavy atom. The summed E-state index contributed by atoms with van der Waals surface area (Å²) < 4.78 is 0. The number of rotatable bonds is 5. The number of amides is 1. The number of nitrogens with one attached hydrogen (secondary N) is 1. The van der Waals surface area contributed by atoms with E-state index in [0.717, 1.165) is 18.9 Å². The van der Waals surface area contributed by atoms with Gasteiger partial charge in [-0.25, -0.2) is 0 Å². The molecule has 3 heteroatoms. The Morgan fingerprint density at radius 3 is 2.50 bits per heavy atom. The lowest BCUT2D eigenvalue weighted by atomic mass is 9.87. The molecule has 1 aliphatic rings. The second-order valence-corrected chi connectivity index (χ2v) is 5.64. The number of carbonyl (C=O) groups is 1. The Balaban J connectivity index is 2.17. The largest absolute Gasteiger partial charge is 0.356 e. The lowest BCUT2D eigenvalue weighted by Crippen LogP contribution is -2.42. The van der Waals surface area contributed by atoms with E-state index in [4.69, 9.17) is 5.73 Å². The SMILES string of the molecule is CC(C)(CN)C(=O)NCCC1CCCCC1. The van der Waals surface area contributed by atoms with Gasteiger partial charge in [-0.1, -0.05) is 32.1 Å². The molecular weight excluding hydrogens is 200 g/mol. The Hall–Kier alpha value is -0.570. The molecule has 94 valence electrons. The van der Waals surface area contributed by atoms with Gasteiger partial charge in [-0.2, -0.15) is 0 Å². The van der Waals surface area contributed by atoms with E-state index in [1.807, 2.05) is 13.8 Å². The first-order valence-electron chi connectivity index (χ1n) is 6.54. The lowest BCUT2D eigenvalue weighted by Gasteiger charge is -2.24. The van der Waals surface area contributed by atoms with E-state index < -0.39 is 5.41 Å². The molecule has 0 heterocycles. The monoisotopic (exact) mass is 226 g/mol. The van der Waals surface area contributed by atoms with Crippen LogP contribution in [0.3, 0.4) is 0 Å². The van der Waals surface area contributed by atoms with Crippen LogP contribution in [-0.4, -0.2) is 19.0 Å². The highest BCUT2D eigenvalue weighted by Crippen LogP contribution is 2.25. The number of hydrogen-bond acceptors (Lipinski definition) is 2. The van der Waals surface area contributed by atoms with Crippen LogP contribution in [0.15, 0.2) is 0 Å². The maximum Gasteiger partial charge on any atom is 0.226 e. The van der Waals surface area contributed by atoms with Gasteiger partial charge in [-0.15, -0.1) is 0 Å². The first-order valence-corrected chi connectivity index (χ1v) is 6.54. The van der Waals surface area contributed by atoms with Gasteiger partial charge in [0.1, 0.15) is 0 Å². The van der Waals surface area contributed by atoms with Crippen molar-refractivity contribution >= 4 is 5.91 Å². The summed E-state index contributed by atoms with van der Waals surface area (Å²) in [6.45, 7) is 5.00. The van der Waals surface area contributed by atoms with Gasteiger partial charge in [-0.3, -0.25) is 4.79 Å². The van der Waals surface area contributed by atoms with Crippen molar-refractivity contribution in [3.8, 4) is 0 Å². The van der Waals surface area contributed by atoms with Gasteiger partial charge in [-0.05, 0) is 26.2 Å². The molecule has 0 aromatic carbocycles. The highest BCUT2D eigenvalue weighted by Gasteiger charge is 2.25. The maximum absolute atomic E-state index is 11.7. The molecular formula is C13H26N2O. The van der Waals surface area contributed by atoms with Crippen LogP contribution in [0.25, 0.3) is 0 Å². The summed E-state index contributed by atoms with van der Waals surface area (Å²) >= 11 is 0. The van der Waals surface area contributed by atoms with Crippen LogP contribution in [0.1, 0.15) is 52.4 Å². The summed E-state index contributed by atoms with van der Waals surface area (Å²) in [7, 11) is 0. The highest BCUT2D eigenvalue weighted by molar-refractivity contribution is 5.81. The second kappa shape index (κ2) is 6.24. The van der Waals surface area contributed by atoms with Crippen LogP contribution in [0, 0.1) is 11.3 Å². The molecule has 1 aliphatic carbocycles. The minimum absolute atomic E-state index is 0.0887. The Bertz CT molecular complexity index is 220. The van der Waals surface area contributed by atoms with E-state index in [2.05, 4.69) is 5.32 Å². The van der Waals surface area contributed by atoms with Crippen LogP contribution >= 0.6 is 0 Å². The third kappa shape index (κ3) is 4.12. The minimum Gasteiger partial charge on any atom is -0.356 e. The van der Waals surface area contributed by atoms with E-state index in [1.165, 1.54) is 32.1 Å². The van der Waals surface area contributed by atoms with Gasteiger partial charge < -0.3 is 11.1 Å². The standard InChI is InChI=1S/C13H26N2O/c1-13(2,10-14)12(16)15-9-8-11-6-4-3-5-7-11/h11H,3-10,14H2,1-2H3,(H,15,16). The lowest BCUT2D eigenvalue weighted by molar-refractivity contribution is -0.128. The number of hydrogen-bond donors (Lipinski definition) is 2. The number of carbonyl (C=O) groups excluding carboxylic acids is 1. The van der Waals surface area contributed by atoms with Crippen LogP contribution < -0.4 is 11.1 Å². The third-order valence-electron chi connectivity index (χ3n) is 3.69. The molecule has 3 nitrogen and oxygen atoms in total. The second-order valence-electron chi connectivity index (χ2n) is 5.64. The van der Waals surface area contributed by atoms with Gasteiger partial charge in [0.2, 0.25) is 5.91 Å². The average molecular weight is 226 g/mol. The molecule has 1 saturated carbocycles. The molecule has 0 unspecified atom stereocenters. The van der Waals surface area contributed by atoms with Gasteiger partial charge in [0, 0.05) is 13.1 Å². The smallest absolute Gasteiger partial charge is 0.226 e. The van der Waals surface area contributed by atoms with E-state index in [0.29, 0.717) is 6.54 Å². The van der Waals surface area contributed by atoms with Crippen molar-refractivity contribution < 1.29 is 4.79 Å². The summed E-state index contributed by atoms with van der Waals surface area (Å²) in [5, 5.41) is 3.00. The normalized spacial score (nSPS) is 18.4. The molecule has 0 radical (unpaired) electrons. The van der Waals surface area contributed by atoms with Crippen molar-refractivity contribution in [3.05, 3.63) is 0 Å². The molecule has 0 atom stereocenters. The number of nitrogens with two attached hydrogens (primary N) is 1. The molecule has 16 heavy (non-hydrogen) atoms. The first-order chi connectivity index (χ1) is 7.56. The molecule has 1 rings (SSSR count). The van der Waals surface area contributed by atoms with E-state index >= 15 is 0 Å². The van der Waals surface area contributed by atoms with Gasteiger partial charge >= 0.3 is 0 Å². The molecule has 3 N–H and O–H groups in total. The van der Waals surface area contributed by atoms with E-state index in [-0.39, 0.29) is 5.91 Å². The topological polar surface area (TPSA) is 55.1 Å². The van der Waals surface area contributed by atoms with Crippen LogP contribution in [0.5, 0.6) is 0 Å². The zero-order chi connectivity index (χ0) is 12.0. The summed E-state index contributed by atoms with van der Waals surface area (Å²) in [4.78, 5) is 11.7. The predicted molar refractivity (Wildman–Crippen MR) is 67.0 cm³/mol. The van der Waals surface area contributed by atoms with Crippen molar-refractivity contribution in [1.29, 1.82) is 0 Å². The zero-order valence-electron chi connectivity index (χ0n) is 10.7. The Kier molecular flexibility index (Phi) is 5.26. The summed E-state index contributed by atoms with van der Waals surface area (Å²) in [6, 6.07) is 0. The van der Waals surface area contributed by atoms with Crippen molar-refractivity contribution in [2.45, 2.75) is 52.4 Å². The highest BCUT2D eigenvalue weighted by atomic mass is 16.2. The van der Waals surface area contributed by atoms with Crippen molar-refractivity contribution in [2.75, 3.05) is 13.1 Å². The molecule has 0 aromatic heterocycles. The maximum atomic E-state index is 11.7. The fourth-order valence-electron chi connectivity index (χ4n) is 2.20. The summed E-state index contributed by atoms with van der Waals surface area (Å²) in [5.74, 6) is 0.917. The van der Waals surface area contributed by atoms with Gasteiger partial charge in [0.15, 0.2) is 0 Å². The van der Waals surface area contributed by atoms with E-state index in [9.17, 15) is 4.79 Å². The molecule has 0 spiro atoms. The zero-order valence-corrected chi connectivity index (χ0v) is 10.7. The molecule has 0 aliphatic heterocycles. The molecule has 1 fully saturated rings. The third-order valence-corrected chi connectivity index (χ3v) is 3.69. The minimum atomic E-state index is -0.424. The summed E-state index contributed by atoms with van der Waals surface area (Å²) in [5.41, 5.74) is 5.14. The van der Waals surface area contributed by atoms with Gasteiger partial charge in [0.25, 0.3) is 0 Å². The fourth-order valence-corrected chi connectivity index (χ4v) is 2.20. The molecule has 1 amide bonds. The predicted octanol–water partition coefficient (Wildman–Crippen LogP) is 2.06. The Morgan fingerprint density at radius 2 is 1.94 bits per heavy atom. The van der Waals surface area contributed by atoms with Crippen LogP contribution in [0.4, 0.5) is 0 Å². The first kappa shape index (κ1) is 13.5. The van der Waals surface area contributed by atoms with Gasteiger partial charge in [0.05, 0.1) is 5.41 Å². The molecule has 0 aromatic rings.